The Balaban J connectivity index is 2.01. The summed E-state index contributed by atoms with van der Waals surface area (Å²) >= 11 is 0. The molecule has 8 nitrogen and oxygen atoms in total. The number of carbonyl (C=O) groups is 2. The molecule has 1 amide bonds. The predicted molar refractivity (Wildman–Crippen MR) is 84.8 cm³/mol. The van der Waals surface area contributed by atoms with Gasteiger partial charge in [-0.05, 0) is 24.6 Å². The first-order valence-corrected chi connectivity index (χ1v) is 6.99. The molecule has 0 radical (unpaired) electrons. The van der Waals surface area contributed by atoms with Gasteiger partial charge in [0.25, 0.3) is 11.6 Å². The van der Waals surface area contributed by atoms with E-state index in [2.05, 4.69) is 5.32 Å². The van der Waals surface area contributed by atoms with Crippen molar-refractivity contribution in [3.8, 4) is 5.75 Å². The lowest BCUT2D eigenvalue weighted by atomic mass is 10.1. The van der Waals surface area contributed by atoms with Crippen molar-refractivity contribution in [2.75, 3.05) is 11.9 Å². The Morgan fingerprint density at radius 2 is 2.04 bits per heavy atom. The van der Waals surface area contributed by atoms with Gasteiger partial charge in [0, 0.05) is 12.1 Å². The Bertz CT molecular complexity index is 853. The maximum Gasteiger partial charge on any atom is 0.342 e. The van der Waals surface area contributed by atoms with Crippen LogP contribution in [0.3, 0.4) is 0 Å². The van der Waals surface area contributed by atoms with Gasteiger partial charge in [-0.15, -0.1) is 0 Å². The smallest absolute Gasteiger partial charge is 0.342 e. The lowest BCUT2D eigenvalue weighted by Gasteiger charge is -2.09. The molecule has 0 unspecified atom stereocenters. The summed E-state index contributed by atoms with van der Waals surface area (Å²) in [5, 5.41) is 22.5. The second-order valence-electron chi connectivity index (χ2n) is 5.02. The van der Waals surface area contributed by atoms with E-state index < -0.39 is 40.6 Å². The lowest BCUT2D eigenvalue weighted by molar-refractivity contribution is -0.384. The van der Waals surface area contributed by atoms with Gasteiger partial charge in [-0.3, -0.25) is 14.9 Å². The van der Waals surface area contributed by atoms with E-state index >= 15 is 0 Å². The molecule has 0 saturated carbocycles. The van der Waals surface area contributed by atoms with Crippen molar-refractivity contribution in [1.29, 1.82) is 0 Å². The van der Waals surface area contributed by atoms with Gasteiger partial charge in [-0.1, -0.05) is 12.1 Å². The summed E-state index contributed by atoms with van der Waals surface area (Å²) in [5.74, 6) is -2.96. The number of nitro benzene ring substituents is 1. The van der Waals surface area contributed by atoms with Crippen LogP contribution in [-0.2, 0) is 9.53 Å². The average Bonchev–Trinajstić information content (AvgIpc) is 2.57. The van der Waals surface area contributed by atoms with Gasteiger partial charge in [-0.25, -0.2) is 9.18 Å². The Hall–Kier alpha value is -3.49. The van der Waals surface area contributed by atoms with E-state index in [9.17, 15) is 29.2 Å². The number of anilines is 1. The third kappa shape index (κ3) is 4.28. The number of nitro groups is 1. The van der Waals surface area contributed by atoms with Crippen LogP contribution < -0.4 is 5.32 Å². The number of nitrogens with one attached hydrogen (secondary N) is 1. The summed E-state index contributed by atoms with van der Waals surface area (Å²) in [6.07, 6.45) is 0. The summed E-state index contributed by atoms with van der Waals surface area (Å²) in [7, 11) is 0. The number of ether oxygens (including phenoxy) is 1. The molecule has 0 saturated heterocycles. The summed E-state index contributed by atoms with van der Waals surface area (Å²) in [6, 6.07) is 7.08. The number of rotatable bonds is 5. The molecule has 0 aliphatic heterocycles. The van der Waals surface area contributed by atoms with E-state index in [4.69, 9.17) is 4.74 Å². The second-order valence-corrected chi connectivity index (χ2v) is 5.02. The Labute approximate surface area is 141 Å². The monoisotopic (exact) mass is 348 g/mol. The molecule has 2 rings (SSSR count). The van der Waals surface area contributed by atoms with Crippen molar-refractivity contribution in [2.24, 2.45) is 0 Å². The normalized spacial score (nSPS) is 10.2. The highest BCUT2D eigenvalue weighted by atomic mass is 19.1. The minimum absolute atomic E-state index is 0.116. The number of para-hydroxylation sites is 1. The van der Waals surface area contributed by atoms with E-state index in [1.807, 2.05) is 0 Å². The molecule has 2 N–H and O–H groups in total. The largest absolute Gasteiger partial charge is 0.507 e. The van der Waals surface area contributed by atoms with Gasteiger partial charge < -0.3 is 15.2 Å². The van der Waals surface area contributed by atoms with Gasteiger partial charge in [-0.2, -0.15) is 0 Å². The van der Waals surface area contributed by atoms with Crippen LogP contribution in [0.5, 0.6) is 5.75 Å². The van der Waals surface area contributed by atoms with Crippen LogP contribution in [0, 0.1) is 22.9 Å². The fraction of sp³-hybridized carbons (Fsp3) is 0.125. The number of benzene rings is 2. The molecule has 2 aromatic carbocycles. The highest BCUT2D eigenvalue weighted by Gasteiger charge is 2.17. The number of esters is 1. The number of hydrogen-bond acceptors (Lipinski definition) is 6. The third-order valence-electron chi connectivity index (χ3n) is 3.23. The zero-order chi connectivity index (χ0) is 18.6. The minimum Gasteiger partial charge on any atom is -0.507 e. The molecule has 0 aliphatic carbocycles. The maximum absolute atomic E-state index is 13.6. The van der Waals surface area contributed by atoms with Gasteiger partial charge in [0.1, 0.15) is 17.1 Å². The van der Waals surface area contributed by atoms with E-state index in [0.29, 0.717) is 5.56 Å². The summed E-state index contributed by atoms with van der Waals surface area (Å²) in [5.41, 5.74) is -0.473. The predicted octanol–water partition coefficient (Wildman–Crippen LogP) is 2.54. The SMILES string of the molecule is Cc1cccc(C(=O)OCC(=O)Nc2cc([N+](=O)[O-])ccc2F)c1O. The first-order valence-electron chi connectivity index (χ1n) is 6.99. The van der Waals surface area contributed by atoms with E-state index in [0.717, 1.165) is 18.2 Å². The van der Waals surface area contributed by atoms with E-state index in [1.165, 1.54) is 12.1 Å². The van der Waals surface area contributed by atoms with Crippen molar-refractivity contribution >= 4 is 23.3 Å². The molecule has 9 heteroatoms. The Kier molecular flexibility index (Phi) is 5.28. The molecule has 2 aromatic rings. The maximum atomic E-state index is 13.6. The number of phenolic OH excluding ortho intramolecular Hbond substituents is 1. The van der Waals surface area contributed by atoms with Crippen molar-refractivity contribution < 1.29 is 28.7 Å². The number of aromatic hydroxyl groups is 1. The molecular formula is C16H13FN2O6. The molecule has 0 atom stereocenters. The fourth-order valence-electron chi connectivity index (χ4n) is 1.94. The van der Waals surface area contributed by atoms with Crippen molar-refractivity contribution in [1.82, 2.24) is 0 Å². The van der Waals surface area contributed by atoms with Crippen LogP contribution in [0.15, 0.2) is 36.4 Å². The number of amides is 1. The van der Waals surface area contributed by atoms with Crippen molar-refractivity contribution in [3.05, 3.63) is 63.5 Å². The van der Waals surface area contributed by atoms with E-state index in [-0.39, 0.29) is 11.3 Å². The molecule has 0 aromatic heterocycles. The van der Waals surface area contributed by atoms with Crippen molar-refractivity contribution in [3.63, 3.8) is 0 Å². The molecule has 0 bridgehead atoms. The molecule has 0 aliphatic rings. The van der Waals surface area contributed by atoms with Crippen LogP contribution in [0.25, 0.3) is 0 Å². The highest BCUT2D eigenvalue weighted by molar-refractivity contribution is 5.97. The van der Waals surface area contributed by atoms with Gasteiger partial charge >= 0.3 is 5.97 Å². The first-order chi connectivity index (χ1) is 11.8. The molecule has 0 heterocycles. The number of aryl methyl sites for hydroxylation is 1. The average molecular weight is 348 g/mol. The van der Waals surface area contributed by atoms with Crippen LogP contribution >= 0.6 is 0 Å². The standard InChI is InChI=1S/C16H13FN2O6/c1-9-3-2-4-11(15(9)21)16(22)25-8-14(20)18-13-7-10(19(23)24)5-6-12(13)17/h2-7,21H,8H2,1H3,(H,18,20). The quantitative estimate of drug-likeness (QED) is 0.487. The topological polar surface area (TPSA) is 119 Å². The van der Waals surface area contributed by atoms with Gasteiger partial charge in [0.05, 0.1) is 10.6 Å². The fourth-order valence-corrected chi connectivity index (χ4v) is 1.94. The first kappa shape index (κ1) is 17.9. The van der Waals surface area contributed by atoms with E-state index in [1.54, 1.807) is 13.0 Å². The summed E-state index contributed by atoms with van der Waals surface area (Å²) < 4.78 is 18.3. The zero-order valence-corrected chi connectivity index (χ0v) is 13.0. The Morgan fingerprint density at radius 3 is 2.72 bits per heavy atom. The number of carbonyl (C=O) groups excluding carboxylic acids is 2. The van der Waals surface area contributed by atoms with Gasteiger partial charge in [0.15, 0.2) is 6.61 Å². The van der Waals surface area contributed by atoms with Crippen LogP contribution in [0.1, 0.15) is 15.9 Å². The number of halogens is 1. The lowest BCUT2D eigenvalue weighted by Crippen LogP contribution is -2.21. The van der Waals surface area contributed by atoms with Crippen LogP contribution in [0.2, 0.25) is 0 Å². The Morgan fingerprint density at radius 1 is 1.32 bits per heavy atom. The number of non-ortho nitro benzene ring substituents is 1. The third-order valence-corrected chi connectivity index (χ3v) is 3.23. The van der Waals surface area contributed by atoms with Gasteiger partial charge in [0.2, 0.25) is 0 Å². The second kappa shape index (κ2) is 7.39. The molecule has 0 fully saturated rings. The summed E-state index contributed by atoms with van der Waals surface area (Å²) in [6.45, 7) is 0.832. The number of hydrogen-bond donors (Lipinski definition) is 2. The number of phenols is 1. The molecule has 25 heavy (non-hydrogen) atoms. The minimum atomic E-state index is -0.934. The molecular weight excluding hydrogens is 335 g/mol. The summed E-state index contributed by atoms with van der Waals surface area (Å²) in [4.78, 5) is 33.5. The van der Waals surface area contributed by atoms with Crippen molar-refractivity contribution in [2.45, 2.75) is 6.92 Å². The highest BCUT2D eigenvalue weighted by Crippen LogP contribution is 2.23. The zero-order valence-electron chi connectivity index (χ0n) is 13.0. The van der Waals surface area contributed by atoms with Crippen LogP contribution in [-0.4, -0.2) is 28.5 Å². The van der Waals surface area contributed by atoms with Crippen LogP contribution in [0.4, 0.5) is 15.8 Å². The molecule has 0 spiro atoms. The number of nitrogens with zero attached hydrogens (tertiary/aromatic N) is 1. The molecule has 130 valence electrons.